The molecule has 2 rings (SSSR count). The predicted molar refractivity (Wildman–Crippen MR) is 73.7 cm³/mol. The molecule has 1 nitrogen and oxygen atoms in total. The maximum atomic E-state index is 6.20. The van der Waals surface area contributed by atoms with Crippen molar-refractivity contribution in [2.75, 3.05) is 0 Å². The Balaban J connectivity index is 2.36. The second kappa shape index (κ2) is 5.09. The van der Waals surface area contributed by atoms with Crippen LogP contribution >= 0.6 is 23.2 Å². The second-order valence-corrected chi connectivity index (χ2v) is 4.90. The number of halogens is 2. The summed E-state index contributed by atoms with van der Waals surface area (Å²) in [5.74, 6) is 0. The Hall–Kier alpha value is -1.02. The van der Waals surface area contributed by atoms with Crippen LogP contribution in [0.4, 0.5) is 0 Å². The van der Waals surface area contributed by atoms with Crippen LogP contribution < -0.4 is 5.73 Å². The molecule has 17 heavy (non-hydrogen) atoms. The maximum absolute atomic E-state index is 6.20. The third-order valence-corrected chi connectivity index (χ3v) is 3.30. The molecule has 0 aliphatic heterocycles. The van der Waals surface area contributed by atoms with Gasteiger partial charge >= 0.3 is 0 Å². The molecule has 88 valence electrons. The number of hydrogen-bond acceptors (Lipinski definition) is 1. The van der Waals surface area contributed by atoms with Gasteiger partial charge in [0.2, 0.25) is 0 Å². The second-order valence-electron chi connectivity index (χ2n) is 4.05. The van der Waals surface area contributed by atoms with E-state index in [-0.39, 0.29) is 6.04 Å². The largest absolute Gasteiger partial charge is 0.320 e. The zero-order chi connectivity index (χ0) is 12.4. The summed E-state index contributed by atoms with van der Waals surface area (Å²) in [6.07, 6.45) is 0. The lowest BCUT2D eigenvalue weighted by atomic mass is 9.99. The van der Waals surface area contributed by atoms with Crippen molar-refractivity contribution < 1.29 is 0 Å². The van der Waals surface area contributed by atoms with Gasteiger partial charge in [0.05, 0.1) is 6.04 Å². The highest BCUT2D eigenvalue weighted by atomic mass is 35.5. The van der Waals surface area contributed by atoms with Gasteiger partial charge in [-0.1, -0.05) is 47.5 Å². The Labute approximate surface area is 111 Å². The molecule has 0 saturated carbocycles. The van der Waals surface area contributed by atoms with Gasteiger partial charge < -0.3 is 5.73 Å². The Kier molecular flexibility index (Phi) is 3.72. The van der Waals surface area contributed by atoms with E-state index in [0.29, 0.717) is 10.0 Å². The highest BCUT2D eigenvalue weighted by molar-refractivity contribution is 6.31. The standard InChI is InChI=1S/C14H13Cl2N/c1-9-2-7-12(13(16)8-9)14(17)10-3-5-11(15)6-4-10/h2-8,14H,17H2,1H3. The summed E-state index contributed by atoms with van der Waals surface area (Å²) < 4.78 is 0. The molecule has 0 bridgehead atoms. The predicted octanol–water partition coefficient (Wildman–Crippen LogP) is 4.35. The van der Waals surface area contributed by atoms with Gasteiger partial charge in [-0.3, -0.25) is 0 Å². The highest BCUT2D eigenvalue weighted by Crippen LogP contribution is 2.27. The smallest absolute Gasteiger partial charge is 0.0566 e. The van der Waals surface area contributed by atoms with Crippen LogP contribution in [-0.2, 0) is 0 Å². The molecule has 2 aromatic rings. The van der Waals surface area contributed by atoms with Gasteiger partial charge in [0, 0.05) is 10.0 Å². The fourth-order valence-electron chi connectivity index (χ4n) is 1.73. The first-order chi connectivity index (χ1) is 8.08. The van der Waals surface area contributed by atoms with Crippen molar-refractivity contribution in [3.8, 4) is 0 Å². The van der Waals surface area contributed by atoms with Gasteiger partial charge in [-0.15, -0.1) is 0 Å². The number of hydrogen-bond donors (Lipinski definition) is 1. The van der Waals surface area contributed by atoms with Gasteiger partial charge in [0.25, 0.3) is 0 Å². The van der Waals surface area contributed by atoms with Gasteiger partial charge in [0.15, 0.2) is 0 Å². The van der Waals surface area contributed by atoms with E-state index >= 15 is 0 Å². The van der Waals surface area contributed by atoms with E-state index in [1.54, 1.807) is 0 Å². The van der Waals surface area contributed by atoms with Crippen molar-refractivity contribution in [3.63, 3.8) is 0 Å². The van der Waals surface area contributed by atoms with Crippen LogP contribution in [0.5, 0.6) is 0 Å². The number of nitrogens with two attached hydrogens (primary N) is 1. The van der Waals surface area contributed by atoms with Crippen molar-refractivity contribution in [1.29, 1.82) is 0 Å². The number of benzene rings is 2. The molecule has 0 aromatic heterocycles. The Bertz CT molecular complexity index is 520. The zero-order valence-corrected chi connectivity index (χ0v) is 11.0. The lowest BCUT2D eigenvalue weighted by molar-refractivity contribution is 0.871. The monoisotopic (exact) mass is 265 g/mol. The molecule has 0 heterocycles. The highest BCUT2D eigenvalue weighted by Gasteiger charge is 2.12. The Morgan fingerprint density at radius 1 is 1.00 bits per heavy atom. The average Bonchev–Trinajstić information content (AvgIpc) is 2.29. The summed E-state index contributed by atoms with van der Waals surface area (Å²) >= 11 is 12.0. The summed E-state index contributed by atoms with van der Waals surface area (Å²) in [4.78, 5) is 0. The van der Waals surface area contributed by atoms with Crippen molar-refractivity contribution in [2.24, 2.45) is 5.73 Å². The summed E-state index contributed by atoms with van der Waals surface area (Å²) in [6, 6.07) is 13.2. The van der Waals surface area contributed by atoms with Gasteiger partial charge in [-0.2, -0.15) is 0 Å². The third kappa shape index (κ3) is 2.81. The van der Waals surface area contributed by atoms with E-state index in [9.17, 15) is 0 Å². The Morgan fingerprint density at radius 2 is 1.65 bits per heavy atom. The van der Waals surface area contributed by atoms with Crippen LogP contribution in [0.15, 0.2) is 42.5 Å². The minimum atomic E-state index is -0.222. The summed E-state index contributed by atoms with van der Waals surface area (Å²) in [5.41, 5.74) is 9.25. The molecule has 0 saturated heterocycles. The first kappa shape index (κ1) is 12.4. The fraction of sp³-hybridized carbons (Fsp3) is 0.143. The lowest BCUT2D eigenvalue weighted by Crippen LogP contribution is -2.12. The summed E-state index contributed by atoms with van der Waals surface area (Å²) in [6.45, 7) is 2.00. The summed E-state index contributed by atoms with van der Waals surface area (Å²) in [7, 11) is 0. The number of aryl methyl sites for hydroxylation is 1. The van der Waals surface area contributed by atoms with E-state index < -0.39 is 0 Å². The molecule has 0 fully saturated rings. The van der Waals surface area contributed by atoms with E-state index in [1.165, 1.54) is 0 Å². The fourth-order valence-corrected chi connectivity index (χ4v) is 2.21. The molecule has 0 radical (unpaired) electrons. The molecular weight excluding hydrogens is 253 g/mol. The summed E-state index contributed by atoms with van der Waals surface area (Å²) in [5, 5.41) is 1.41. The van der Waals surface area contributed by atoms with Crippen molar-refractivity contribution in [3.05, 3.63) is 69.2 Å². The average molecular weight is 266 g/mol. The van der Waals surface area contributed by atoms with Crippen LogP contribution in [0.1, 0.15) is 22.7 Å². The molecule has 0 spiro atoms. The van der Waals surface area contributed by atoms with Gasteiger partial charge in [0.1, 0.15) is 0 Å². The van der Waals surface area contributed by atoms with Crippen molar-refractivity contribution in [2.45, 2.75) is 13.0 Å². The molecule has 2 aromatic carbocycles. The normalized spacial score (nSPS) is 12.5. The van der Waals surface area contributed by atoms with Crippen LogP contribution in [0.2, 0.25) is 10.0 Å². The first-order valence-corrected chi connectivity index (χ1v) is 6.10. The van der Waals surface area contributed by atoms with Crippen LogP contribution in [0.3, 0.4) is 0 Å². The van der Waals surface area contributed by atoms with Gasteiger partial charge in [-0.25, -0.2) is 0 Å². The van der Waals surface area contributed by atoms with Crippen LogP contribution in [-0.4, -0.2) is 0 Å². The minimum absolute atomic E-state index is 0.222. The quantitative estimate of drug-likeness (QED) is 0.859. The topological polar surface area (TPSA) is 26.0 Å². The van der Waals surface area contributed by atoms with Crippen molar-refractivity contribution in [1.82, 2.24) is 0 Å². The molecule has 1 atom stereocenters. The first-order valence-electron chi connectivity index (χ1n) is 5.35. The van der Waals surface area contributed by atoms with Gasteiger partial charge in [-0.05, 0) is 41.8 Å². The molecular formula is C14H13Cl2N. The van der Waals surface area contributed by atoms with Crippen molar-refractivity contribution >= 4 is 23.2 Å². The molecule has 0 aliphatic carbocycles. The molecule has 0 amide bonds. The molecule has 1 unspecified atom stereocenters. The zero-order valence-electron chi connectivity index (χ0n) is 9.45. The Morgan fingerprint density at radius 3 is 2.24 bits per heavy atom. The van der Waals surface area contributed by atoms with E-state index in [4.69, 9.17) is 28.9 Å². The van der Waals surface area contributed by atoms with E-state index in [0.717, 1.165) is 16.7 Å². The van der Waals surface area contributed by atoms with E-state index in [2.05, 4.69) is 0 Å². The van der Waals surface area contributed by atoms with E-state index in [1.807, 2.05) is 49.4 Å². The molecule has 0 aliphatic rings. The third-order valence-electron chi connectivity index (χ3n) is 2.72. The SMILES string of the molecule is Cc1ccc(C(N)c2ccc(Cl)cc2)c(Cl)c1. The maximum Gasteiger partial charge on any atom is 0.0566 e. The number of rotatable bonds is 2. The molecule has 3 heteroatoms. The molecule has 2 N–H and O–H groups in total. The van der Waals surface area contributed by atoms with Crippen LogP contribution in [0.25, 0.3) is 0 Å². The minimum Gasteiger partial charge on any atom is -0.320 e. The lowest BCUT2D eigenvalue weighted by Gasteiger charge is -2.14. The van der Waals surface area contributed by atoms with Crippen LogP contribution in [0, 0.1) is 6.92 Å².